The minimum absolute atomic E-state index is 0.0268. The van der Waals surface area contributed by atoms with Crippen LogP contribution >= 0.6 is 23.4 Å². The van der Waals surface area contributed by atoms with Crippen LogP contribution in [-0.4, -0.2) is 23.5 Å². The predicted octanol–water partition coefficient (Wildman–Crippen LogP) is 2.67. The van der Waals surface area contributed by atoms with Gasteiger partial charge in [-0.3, -0.25) is 4.79 Å². The van der Waals surface area contributed by atoms with Crippen LogP contribution in [0.25, 0.3) is 0 Å². The minimum Gasteiger partial charge on any atom is -0.327 e. The summed E-state index contributed by atoms with van der Waals surface area (Å²) in [6.07, 6.45) is 0. The number of thioether (sulfide) groups is 1. The highest BCUT2D eigenvalue weighted by molar-refractivity contribution is 8.00. The number of anilines is 1. The molecular weight excluding hydrogens is 256 g/mol. The smallest absolute Gasteiger partial charge is 0.234 e. The largest absolute Gasteiger partial charge is 0.327 e. The Balaban J connectivity index is 2.48. The molecule has 94 valence electrons. The number of carbonyl (C=O) groups excluding carboxylic acids is 1. The van der Waals surface area contributed by atoms with Gasteiger partial charge in [0, 0.05) is 22.5 Å². The van der Waals surface area contributed by atoms with Crippen LogP contribution in [0.5, 0.6) is 0 Å². The second kappa shape index (κ2) is 6.89. The van der Waals surface area contributed by atoms with Crippen molar-refractivity contribution in [2.24, 2.45) is 5.73 Å². The third-order valence-corrected chi connectivity index (χ3v) is 3.79. The molecular formula is C12H17ClN2OS. The first-order valence-electron chi connectivity index (χ1n) is 5.39. The molecule has 17 heavy (non-hydrogen) atoms. The molecule has 0 fully saturated rings. The molecule has 0 saturated heterocycles. The molecule has 0 spiro atoms. The van der Waals surface area contributed by atoms with E-state index in [1.807, 2.05) is 26.0 Å². The number of amides is 1. The quantitative estimate of drug-likeness (QED) is 0.866. The Morgan fingerprint density at radius 1 is 1.59 bits per heavy atom. The number of hydrogen-bond acceptors (Lipinski definition) is 3. The average Bonchev–Trinajstić information content (AvgIpc) is 2.24. The Hall–Kier alpha value is -0.710. The van der Waals surface area contributed by atoms with E-state index in [0.29, 0.717) is 10.8 Å². The van der Waals surface area contributed by atoms with E-state index in [1.54, 1.807) is 6.07 Å². The fourth-order valence-corrected chi connectivity index (χ4v) is 2.19. The van der Waals surface area contributed by atoms with Crippen LogP contribution in [0.3, 0.4) is 0 Å². The molecule has 1 unspecified atom stereocenters. The van der Waals surface area contributed by atoms with E-state index >= 15 is 0 Å². The number of nitrogens with one attached hydrogen (secondary N) is 1. The van der Waals surface area contributed by atoms with E-state index in [1.165, 1.54) is 11.8 Å². The van der Waals surface area contributed by atoms with Gasteiger partial charge in [-0.2, -0.15) is 11.8 Å². The van der Waals surface area contributed by atoms with Gasteiger partial charge in [-0.1, -0.05) is 17.7 Å². The molecule has 1 atom stereocenters. The van der Waals surface area contributed by atoms with Gasteiger partial charge in [-0.25, -0.2) is 0 Å². The standard InChI is InChI=1S/C12H17ClN2OS/c1-8(14)6-17-7-12(16)15-11-5-3-4-10(13)9(11)2/h3-5,8H,6-7,14H2,1-2H3,(H,15,16). The van der Waals surface area contributed by atoms with Gasteiger partial charge in [-0.15, -0.1) is 0 Å². The Labute approximate surface area is 111 Å². The van der Waals surface area contributed by atoms with Crippen LogP contribution in [0, 0.1) is 6.92 Å². The maximum atomic E-state index is 11.6. The van der Waals surface area contributed by atoms with Crippen LogP contribution in [0.1, 0.15) is 12.5 Å². The maximum absolute atomic E-state index is 11.6. The fraction of sp³-hybridized carbons (Fsp3) is 0.417. The molecule has 1 aromatic carbocycles. The summed E-state index contributed by atoms with van der Waals surface area (Å²) in [7, 11) is 0. The highest BCUT2D eigenvalue weighted by atomic mass is 35.5. The zero-order chi connectivity index (χ0) is 12.8. The van der Waals surface area contributed by atoms with E-state index in [-0.39, 0.29) is 11.9 Å². The molecule has 5 heteroatoms. The van der Waals surface area contributed by atoms with Crippen LogP contribution in [0.15, 0.2) is 18.2 Å². The van der Waals surface area contributed by atoms with Gasteiger partial charge in [0.25, 0.3) is 0 Å². The highest BCUT2D eigenvalue weighted by Gasteiger charge is 2.07. The summed E-state index contributed by atoms with van der Waals surface area (Å²) in [6.45, 7) is 3.80. The monoisotopic (exact) mass is 272 g/mol. The van der Waals surface area contributed by atoms with Crippen molar-refractivity contribution in [3.05, 3.63) is 28.8 Å². The summed E-state index contributed by atoms with van der Waals surface area (Å²) < 4.78 is 0. The minimum atomic E-state index is -0.0268. The Morgan fingerprint density at radius 3 is 2.94 bits per heavy atom. The van der Waals surface area contributed by atoms with Gasteiger partial charge in [0.05, 0.1) is 5.75 Å². The molecule has 0 saturated carbocycles. The van der Waals surface area contributed by atoms with Crippen LogP contribution in [-0.2, 0) is 4.79 Å². The predicted molar refractivity (Wildman–Crippen MR) is 75.8 cm³/mol. The van der Waals surface area contributed by atoms with Crippen molar-refractivity contribution in [3.8, 4) is 0 Å². The van der Waals surface area contributed by atoms with Crippen molar-refractivity contribution in [2.45, 2.75) is 19.9 Å². The summed E-state index contributed by atoms with van der Waals surface area (Å²) in [5, 5.41) is 3.50. The van der Waals surface area contributed by atoms with Crippen LogP contribution < -0.4 is 11.1 Å². The normalized spacial score (nSPS) is 12.2. The Bertz CT molecular complexity index is 396. The summed E-state index contributed by atoms with van der Waals surface area (Å²) in [6, 6.07) is 5.58. The number of carbonyl (C=O) groups is 1. The molecule has 1 rings (SSSR count). The third-order valence-electron chi connectivity index (χ3n) is 2.16. The molecule has 0 aliphatic carbocycles. The van der Waals surface area contributed by atoms with Crippen molar-refractivity contribution < 1.29 is 4.79 Å². The molecule has 0 bridgehead atoms. The first-order chi connectivity index (χ1) is 8.00. The van der Waals surface area contributed by atoms with Crippen molar-refractivity contribution >= 4 is 35.0 Å². The van der Waals surface area contributed by atoms with E-state index in [9.17, 15) is 4.79 Å². The molecule has 0 radical (unpaired) electrons. The first-order valence-corrected chi connectivity index (χ1v) is 6.92. The molecule has 3 nitrogen and oxygen atoms in total. The van der Waals surface area contributed by atoms with Gasteiger partial charge >= 0.3 is 0 Å². The van der Waals surface area contributed by atoms with E-state index in [0.717, 1.165) is 17.0 Å². The van der Waals surface area contributed by atoms with E-state index in [2.05, 4.69) is 5.32 Å². The third kappa shape index (κ3) is 4.98. The highest BCUT2D eigenvalue weighted by Crippen LogP contribution is 2.22. The molecule has 0 heterocycles. The lowest BCUT2D eigenvalue weighted by molar-refractivity contribution is -0.113. The van der Waals surface area contributed by atoms with Crippen molar-refractivity contribution in [3.63, 3.8) is 0 Å². The van der Waals surface area contributed by atoms with Gasteiger partial charge in [0.15, 0.2) is 0 Å². The molecule has 1 aromatic rings. The van der Waals surface area contributed by atoms with E-state index < -0.39 is 0 Å². The zero-order valence-corrected chi connectivity index (χ0v) is 11.6. The maximum Gasteiger partial charge on any atom is 0.234 e. The lowest BCUT2D eigenvalue weighted by atomic mass is 10.2. The molecule has 3 N–H and O–H groups in total. The number of benzene rings is 1. The van der Waals surface area contributed by atoms with E-state index in [4.69, 9.17) is 17.3 Å². The molecule has 0 aromatic heterocycles. The number of nitrogens with two attached hydrogens (primary N) is 1. The summed E-state index contributed by atoms with van der Waals surface area (Å²) in [5.74, 6) is 1.16. The average molecular weight is 273 g/mol. The lowest BCUT2D eigenvalue weighted by Crippen LogP contribution is -2.20. The second-order valence-electron chi connectivity index (χ2n) is 3.95. The van der Waals surface area contributed by atoms with Crippen LogP contribution in [0.4, 0.5) is 5.69 Å². The van der Waals surface area contributed by atoms with Crippen molar-refractivity contribution in [2.75, 3.05) is 16.8 Å². The first kappa shape index (κ1) is 14.4. The summed E-state index contributed by atoms with van der Waals surface area (Å²) >= 11 is 7.50. The van der Waals surface area contributed by atoms with Crippen molar-refractivity contribution in [1.82, 2.24) is 0 Å². The second-order valence-corrected chi connectivity index (χ2v) is 5.39. The molecule has 0 aliphatic rings. The summed E-state index contributed by atoms with van der Waals surface area (Å²) in [5.41, 5.74) is 7.26. The number of rotatable bonds is 5. The lowest BCUT2D eigenvalue weighted by Gasteiger charge is -2.09. The van der Waals surface area contributed by atoms with Gasteiger partial charge in [0.1, 0.15) is 0 Å². The Kier molecular flexibility index (Phi) is 5.82. The number of hydrogen-bond donors (Lipinski definition) is 2. The van der Waals surface area contributed by atoms with Crippen LogP contribution in [0.2, 0.25) is 5.02 Å². The van der Waals surface area contributed by atoms with Gasteiger partial charge in [0.2, 0.25) is 5.91 Å². The van der Waals surface area contributed by atoms with Gasteiger partial charge < -0.3 is 11.1 Å². The van der Waals surface area contributed by atoms with Crippen molar-refractivity contribution in [1.29, 1.82) is 0 Å². The van der Waals surface area contributed by atoms with Gasteiger partial charge in [-0.05, 0) is 31.5 Å². The Morgan fingerprint density at radius 2 is 2.29 bits per heavy atom. The summed E-state index contributed by atoms with van der Waals surface area (Å²) in [4.78, 5) is 11.6. The fourth-order valence-electron chi connectivity index (χ4n) is 1.27. The SMILES string of the molecule is Cc1c(Cl)cccc1NC(=O)CSCC(C)N. The topological polar surface area (TPSA) is 55.1 Å². The molecule has 0 aliphatic heterocycles. The number of halogens is 1. The molecule has 1 amide bonds. The zero-order valence-electron chi connectivity index (χ0n) is 10.00.